The molecule has 28 heavy (non-hydrogen) atoms. The van der Waals surface area contributed by atoms with E-state index in [0.717, 1.165) is 18.4 Å². The molecule has 0 saturated heterocycles. The first-order chi connectivity index (χ1) is 12.9. The Bertz CT molecular complexity index is 822. The van der Waals surface area contributed by atoms with Gasteiger partial charge in [-0.05, 0) is 49.5 Å². The van der Waals surface area contributed by atoms with Crippen LogP contribution in [0, 0.1) is 11.2 Å². The van der Waals surface area contributed by atoms with Crippen molar-refractivity contribution in [3.05, 3.63) is 55.1 Å². The zero-order valence-corrected chi connectivity index (χ0v) is 19.7. The molecular weight excluding hydrogens is 384 g/mol. The van der Waals surface area contributed by atoms with Crippen LogP contribution in [0.4, 0.5) is 0 Å². The third kappa shape index (κ3) is 7.79. The second-order valence-electron chi connectivity index (χ2n) is 8.57. The van der Waals surface area contributed by atoms with Gasteiger partial charge in [-0.3, -0.25) is 0 Å². The minimum atomic E-state index is -3.55. The van der Waals surface area contributed by atoms with Gasteiger partial charge in [0.25, 0.3) is 0 Å². The second-order valence-corrected chi connectivity index (χ2v) is 15.0. The first-order valence-corrected chi connectivity index (χ1v) is 14.0. The van der Waals surface area contributed by atoms with Crippen LogP contribution in [0.25, 0.3) is 0 Å². The molecular formula is C23H34O3SSi. The zero-order chi connectivity index (χ0) is 21.4. The lowest BCUT2D eigenvalue weighted by molar-refractivity contribution is 0.182. The van der Waals surface area contributed by atoms with E-state index in [9.17, 15) is 8.42 Å². The SMILES string of the molecule is C=CCC(CC(=C)CCC#CS(=O)(=O)c1ccccc1)O[Si](C)(C)C(C)(C)C. The second kappa shape index (κ2) is 10.2. The van der Waals surface area contributed by atoms with Gasteiger partial charge in [0.15, 0.2) is 8.32 Å². The van der Waals surface area contributed by atoms with Crippen LogP contribution in [-0.2, 0) is 14.3 Å². The van der Waals surface area contributed by atoms with Crippen molar-refractivity contribution in [3.63, 3.8) is 0 Å². The fourth-order valence-corrected chi connectivity index (χ4v) is 4.71. The number of hydrogen-bond donors (Lipinski definition) is 0. The highest BCUT2D eigenvalue weighted by Gasteiger charge is 2.38. The van der Waals surface area contributed by atoms with E-state index < -0.39 is 18.2 Å². The van der Waals surface area contributed by atoms with E-state index in [4.69, 9.17) is 4.43 Å². The third-order valence-corrected chi connectivity index (χ3v) is 10.9. The van der Waals surface area contributed by atoms with Crippen LogP contribution in [0.15, 0.2) is 60.0 Å². The molecule has 3 nitrogen and oxygen atoms in total. The largest absolute Gasteiger partial charge is 0.413 e. The average Bonchev–Trinajstić information content (AvgIpc) is 2.58. The molecule has 0 bridgehead atoms. The monoisotopic (exact) mass is 418 g/mol. The number of rotatable bonds is 9. The van der Waals surface area contributed by atoms with Crippen LogP contribution in [-0.4, -0.2) is 22.8 Å². The van der Waals surface area contributed by atoms with Gasteiger partial charge in [-0.2, -0.15) is 0 Å². The molecule has 0 fully saturated rings. The molecule has 0 N–H and O–H groups in total. The van der Waals surface area contributed by atoms with Crippen molar-refractivity contribution >= 4 is 18.2 Å². The summed E-state index contributed by atoms with van der Waals surface area (Å²) >= 11 is 0. The van der Waals surface area contributed by atoms with Gasteiger partial charge in [-0.15, -0.1) is 6.58 Å². The van der Waals surface area contributed by atoms with Crippen LogP contribution < -0.4 is 0 Å². The van der Waals surface area contributed by atoms with Gasteiger partial charge >= 0.3 is 0 Å². The Morgan fingerprint density at radius 2 is 1.86 bits per heavy atom. The molecule has 0 amide bonds. The molecule has 0 aliphatic rings. The molecule has 0 aliphatic heterocycles. The maximum atomic E-state index is 12.2. The molecule has 154 valence electrons. The highest BCUT2D eigenvalue weighted by molar-refractivity contribution is 7.96. The summed E-state index contributed by atoms with van der Waals surface area (Å²) in [7, 11) is -5.42. The molecule has 1 unspecified atom stereocenters. The van der Waals surface area contributed by atoms with Gasteiger partial charge in [-0.1, -0.05) is 63.1 Å². The molecule has 0 spiro atoms. The first kappa shape index (κ1) is 24.4. The van der Waals surface area contributed by atoms with Crippen molar-refractivity contribution < 1.29 is 12.8 Å². The van der Waals surface area contributed by atoms with E-state index in [1.807, 2.05) is 6.08 Å². The van der Waals surface area contributed by atoms with Crippen LogP contribution in [0.5, 0.6) is 0 Å². The molecule has 1 rings (SSSR count). The van der Waals surface area contributed by atoms with Crippen molar-refractivity contribution in [3.8, 4) is 11.2 Å². The molecule has 0 radical (unpaired) electrons. The highest BCUT2D eigenvalue weighted by Crippen LogP contribution is 2.38. The predicted octanol–water partition coefficient (Wildman–Crippen LogP) is 6.11. The van der Waals surface area contributed by atoms with Crippen molar-refractivity contribution in [1.29, 1.82) is 0 Å². The maximum Gasteiger partial charge on any atom is 0.245 e. The average molecular weight is 419 g/mol. The Morgan fingerprint density at radius 3 is 2.39 bits per heavy atom. The minimum Gasteiger partial charge on any atom is -0.413 e. The number of benzene rings is 1. The highest BCUT2D eigenvalue weighted by atomic mass is 32.2. The Kier molecular flexibility index (Phi) is 8.94. The summed E-state index contributed by atoms with van der Waals surface area (Å²) in [6, 6.07) is 8.28. The normalized spacial score (nSPS) is 13.3. The summed E-state index contributed by atoms with van der Waals surface area (Å²) in [4.78, 5) is 0.232. The predicted molar refractivity (Wildman–Crippen MR) is 121 cm³/mol. The molecule has 1 aromatic rings. The Labute approximate surface area is 172 Å². The van der Waals surface area contributed by atoms with Gasteiger partial charge in [0.1, 0.15) is 0 Å². The maximum absolute atomic E-state index is 12.2. The molecule has 0 heterocycles. The molecule has 1 atom stereocenters. The Morgan fingerprint density at radius 1 is 1.25 bits per heavy atom. The van der Waals surface area contributed by atoms with Gasteiger partial charge < -0.3 is 4.43 Å². The molecule has 0 saturated carbocycles. The molecule has 1 aromatic carbocycles. The van der Waals surface area contributed by atoms with Crippen molar-refractivity contribution in [2.45, 2.75) is 75.6 Å². The summed E-state index contributed by atoms with van der Waals surface area (Å²) in [5.74, 6) is 2.78. The first-order valence-electron chi connectivity index (χ1n) is 9.64. The quantitative estimate of drug-likeness (QED) is 0.210. The van der Waals surface area contributed by atoms with Gasteiger partial charge in [0, 0.05) is 11.7 Å². The van der Waals surface area contributed by atoms with Crippen molar-refractivity contribution in [2.75, 3.05) is 0 Å². The van der Waals surface area contributed by atoms with Crippen molar-refractivity contribution in [2.24, 2.45) is 0 Å². The van der Waals surface area contributed by atoms with E-state index in [0.29, 0.717) is 12.8 Å². The van der Waals surface area contributed by atoms with Crippen molar-refractivity contribution in [1.82, 2.24) is 0 Å². The van der Waals surface area contributed by atoms with Crippen LogP contribution in [0.3, 0.4) is 0 Å². The Balaban J connectivity index is 2.64. The van der Waals surface area contributed by atoms with E-state index in [1.165, 1.54) is 0 Å². The molecule has 0 aliphatic carbocycles. The lowest BCUT2D eigenvalue weighted by atomic mass is 10.0. The summed E-state index contributed by atoms with van der Waals surface area (Å²) in [5, 5.41) is 2.55. The van der Waals surface area contributed by atoms with E-state index in [1.54, 1.807) is 30.3 Å². The fourth-order valence-electron chi connectivity index (χ4n) is 2.42. The molecule has 0 aromatic heterocycles. The van der Waals surface area contributed by atoms with E-state index in [-0.39, 0.29) is 16.0 Å². The van der Waals surface area contributed by atoms with Gasteiger partial charge in [0.05, 0.1) is 11.0 Å². The van der Waals surface area contributed by atoms with Gasteiger partial charge in [-0.25, -0.2) is 8.42 Å². The fraction of sp³-hybridized carbons (Fsp3) is 0.478. The zero-order valence-electron chi connectivity index (χ0n) is 17.9. The van der Waals surface area contributed by atoms with Crippen LogP contribution in [0.2, 0.25) is 18.1 Å². The third-order valence-electron chi connectivity index (χ3n) is 5.08. The van der Waals surface area contributed by atoms with E-state index in [2.05, 4.69) is 58.2 Å². The van der Waals surface area contributed by atoms with Crippen LogP contribution in [0.1, 0.15) is 46.5 Å². The van der Waals surface area contributed by atoms with E-state index >= 15 is 0 Å². The minimum absolute atomic E-state index is 0.0619. The standard InChI is InChI=1S/C23H34O3SSi/c1-8-14-21(26-28(6,7)23(3,4)5)19-20(2)15-12-13-18-27(24,25)22-16-10-9-11-17-22/h8-11,16-17,21H,1-2,12,14-15,19H2,3-7H3. The summed E-state index contributed by atoms with van der Waals surface area (Å²) in [5.41, 5.74) is 1.02. The lowest BCUT2D eigenvalue weighted by Gasteiger charge is -2.39. The summed E-state index contributed by atoms with van der Waals surface area (Å²) in [6.07, 6.45) is 4.59. The molecule has 5 heteroatoms. The summed E-state index contributed by atoms with van der Waals surface area (Å²) in [6.45, 7) is 19.1. The topological polar surface area (TPSA) is 43.4 Å². The van der Waals surface area contributed by atoms with Gasteiger partial charge in [0.2, 0.25) is 9.84 Å². The summed E-state index contributed by atoms with van der Waals surface area (Å²) < 4.78 is 30.8. The van der Waals surface area contributed by atoms with Crippen LogP contribution >= 0.6 is 0 Å². The Hall–Kier alpha value is -1.61. The smallest absolute Gasteiger partial charge is 0.245 e. The lowest BCUT2D eigenvalue weighted by Crippen LogP contribution is -2.43. The number of hydrogen-bond acceptors (Lipinski definition) is 3. The number of sulfone groups is 1.